The van der Waals surface area contributed by atoms with E-state index in [4.69, 9.17) is 10.7 Å². The Labute approximate surface area is 156 Å². The van der Waals surface area contributed by atoms with E-state index in [1.807, 2.05) is 17.5 Å². The maximum atomic E-state index is 12.9. The van der Waals surface area contributed by atoms with Crippen molar-refractivity contribution >= 4 is 55.7 Å². The van der Waals surface area contributed by atoms with Crippen LogP contribution in [0, 0.1) is 0 Å². The van der Waals surface area contributed by atoms with Crippen molar-refractivity contribution in [2.45, 2.75) is 19.3 Å². The zero-order chi connectivity index (χ0) is 17.0. The van der Waals surface area contributed by atoms with Crippen LogP contribution in [-0.2, 0) is 12.8 Å². The van der Waals surface area contributed by atoms with Gasteiger partial charge in [0.1, 0.15) is 9.71 Å². The molecular weight excluding hydrogens is 368 g/mol. The van der Waals surface area contributed by atoms with Gasteiger partial charge < -0.3 is 5.73 Å². The van der Waals surface area contributed by atoms with E-state index in [9.17, 15) is 4.79 Å². The van der Waals surface area contributed by atoms with Gasteiger partial charge in [-0.25, -0.2) is 4.98 Å². The Morgan fingerprint density at radius 2 is 1.96 bits per heavy atom. The zero-order valence-corrected chi connectivity index (χ0v) is 15.7. The number of hydrogen-bond donors (Lipinski definition) is 1. The summed E-state index contributed by atoms with van der Waals surface area (Å²) < 4.78 is 0. The molecule has 25 heavy (non-hydrogen) atoms. The van der Waals surface area contributed by atoms with Crippen molar-refractivity contribution in [3.63, 3.8) is 0 Å². The molecule has 0 bridgehead atoms. The molecule has 0 fully saturated rings. The Kier molecular flexibility index (Phi) is 3.51. The second-order valence-electron chi connectivity index (χ2n) is 6.07. The van der Waals surface area contributed by atoms with Crippen LogP contribution >= 0.6 is 34.0 Å². The van der Waals surface area contributed by atoms with E-state index in [1.54, 1.807) is 11.3 Å². The predicted octanol–water partition coefficient (Wildman–Crippen LogP) is 5.39. The molecule has 6 heteroatoms. The number of anilines is 1. The van der Waals surface area contributed by atoms with Crippen LogP contribution in [0.2, 0.25) is 0 Å². The summed E-state index contributed by atoms with van der Waals surface area (Å²) in [6.07, 6.45) is 3.18. The molecule has 0 aliphatic heterocycles. The third-order valence-corrected chi connectivity index (χ3v) is 7.48. The minimum Gasteiger partial charge on any atom is -0.397 e. The van der Waals surface area contributed by atoms with Gasteiger partial charge in [0, 0.05) is 21.5 Å². The van der Waals surface area contributed by atoms with Crippen LogP contribution < -0.4 is 5.73 Å². The van der Waals surface area contributed by atoms with E-state index in [2.05, 4.69) is 17.5 Å². The number of aromatic nitrogens is 1. The largest absolute Gasteiger partial charge is 0.397 e. The van der Waals surface area contributed by atoms with Crippen molar-refractivity contribution in [1.29, 1.82) is 0 Å². The van der Waals surface area contributed by atoms with Gasteiger partial charge in [0.2, 0.25) is 5.78 Å². The Hall–Kier alpha value is -2.02. The monoisotopic (exact) mass is 382 g/mol. The van der Waals surface area contributed by atoms with Gasteiger partial charge in [0.15, 0.2) is 0 Å². The number of thiophene rings is 3. The first-order valence-electron chi connectivity index (χ1n) is 8.10. The van der Waals surface area contributed by atoms with E-state index in [-0.39, 0.29) is 5.78 Å². The Morgan fingerprint density at radius 3 is 2.72 bits per heavy atom. The molecular formula is C19H14N2OS3. The van der Waals surface area contributed by atoms with Gasteiger partial charge in [-0.15, -0.1) is 34.0 Å². The molecule has 4 aromatic heterocycles. The van der Waals surface area contributed by atoms with Crippen LogP contribution in [0.1, 0.15) is 32.2 Å². The second-order valence-corrected chi connectivity index (χ2v) is 8.97. The van der Waals surface area contributed by atoms with Gasteiger partial charge in [-0.05, 0) is 47.7 Å². The van der Waals surface area contributed by atoms with E-state index in [0.717, 1.165) is 34.4 Å². The van der Waals surface area contributed by atoms with Crippen LogP contribution in [0.3, 0.4) is 0 Å². The van der Waals surface area contributed by atoms with Crippen molar-refractivity contribution in [2.24, 2.45) is 0 Å². The van der Waals surface area contributed by atoms with E-state index < -0.39 is 0 Å². The van der Waals surface area contributed by atoms with Gasteiger partial charge in [-0.3, -0.25) is 4.79 Å². The summed E-state index contributed by atoms with van der Waals surface area (Å²) in [7, 11) is 0. The molecule has 0 spiro atoms. The number of fused-ring (bicyclic) bond motifs is 2. The van der Waals surface area contributed by atoms with E-state index >= 15 is 0 Å². The summed E-state index contributed by atoms with van der Waals surface area (Å²) in [5.41, 5.74) is 10.8. The number of nitrogens with zero attached hydrogens (tertiary/aromatic N) is 1. The maximum Gasteiger partial charge on any atom is 0.215 e. The van der Waals surface area contributed by atoms with Gasteiger partial charge in [0.05, 0.1) is 10.6 Å². The molecule has 4 heterocycles. The molecule has 4 aromatic rings. The third-order valence-electron chi connectivity index (χ3n) is 4.62. The van der Waals surface area contributed by atoms with Crippen molar-refractivity contribution in [2.75, 3.05) is 5.73 Å². The number of carbonyl (C=O) groups excluding carboxylic acids is 1. The number of nitrogen functional groups attached to an aromatic ring is 1. The van der Waals surface area contributed by atoms with Gasteiger partial charge in [0.25, 0.3) is 0 Å². The summed E-state index contributed by atoms with van der Waals surface area (Å²) in [6, 6.07) is 7.94. The number of carbonyl (C=O) groups is 1. The molecule has 0 unspecified atom stereocenters. The van der Waals surface area contributed by atoms with Crippen molar-refractivity contribution in [1.82, 2.24) is 4.98 Å². The minimum absolute atomic E-state index is 0.00721. The molecule has 3 nitrogen and oxygen atoms in total. The van der Waals surface area contributed by atoms with Crippen molar-refractivity contribution in [3.05, 3.63) is 56.0 Å². The molecule has 1 aliphatic carbocycles. The van der Waals surface area contributed by atoms with E-state index in [0.29, 0.717) is 10.6 Å². The highest BCUT2D eigenvalue weighted by atomic mass is 32.1. The summed E-state index contributed by atoms with van der Waals surface area (Å²) in [5.74, 6) is 0.00721. The maximum absolute atomic E-state index is 12.9. The average Bonchev–Trinajstić information content (AvgIpc) is 3.39. The second kappa shape index (κ2) is 5.76. The first-order valence-corrected chi connectivity index (χ1v) is 10.7. The summed E-state index contributed by atoms with van der Waals surface area (Å²) in [5, 5.41) is 4.97. The first-order chi connectivity index (χ1) is 12.2. The molecule has 0 saturated heterocycles. The Bertz CT molecular complexity index is 1090. The molecule has 0 radical (unpaired) electrons. The molecule has 5 rings (SSSR count). The van der Waals surface area contributed by atoms with Gasteiger partial charge in [-0.1, -0.05) is 12.1 Å². The van der Waals surface area contributed by atoms with E-state index in [1.165, 1.54) is 44.4 Å². The Morgan fingerprint density at radius 1 is 1.12 bits per heavy atom. The highest BCUT2D eigenvalue weighted by Gasteiger charge is 2.27. The van der Waals surface area contributed by atoms with Crippen LogP contribution in [0.15, 0.2) is 35.0 Å². The van der Waals surface area contributed by atoms with Gasteiger partial charge >= 0.3 is 0 Å². The number of nitrogens with two attached hydrogens (primary N) is 1. The molecule has 124 valence electrons. The normalized spacial score (nSPS) is 13.4. The fourth-order valence-corrected chi connectivity index (χ4v) is 6.14. The van der Waals surface area contributed by atoms with Crippen LogP contribution in [0.25, 0.3) is 20.7 Å². The number of hydrogen-bond acceptors (Lipinski definition) is 6. The molecule has 0 atom stereocenters. The highest BCUT2D eigenvalue weighted by molar-refractivity contribution is 7.22. The topological polar surface area (TPSA) is 56.0 Å². The molecule has 0 aromatic carbocycles. The van der Waals surface area contributed by atoms with Crippen LogP contribution in [-0.4, -0.2) is 10.8 Å². The lowest BCUT2D eigenvalue weighted by Crippen LogP contribution is -2.00. The predicted molar refractivity (Wildman–Crippen MR) is 107 cm³/mol. The first kappa shape index (κ1) is 15.3. The SMILES string of the molecule is Nc1c(C(=O)c2cccs2)sc2nc3c(c(-c4cccs4)c12)CCC3. The average molecular weight is 383 g/mol. The third kappa shape index (κ3) is 2.28. The number of ketones is 1. The van der Waals surface area contributed by atoms with Crippen molar-refractivity contribution in [3.8, 4) is 10.4 Å². The van der Waals surface area contributed by atoms with Crippen molar-refractivity contribution < 1.29 is 4.79 Å². The summed E-state index contributed by atoms with van der Waals surface area (Å²) >= 11 is 4.60. The molecule has 2 N–H and O–H groups in total. The number of pyridine rings is 1. The van der Waals surface area contributed by atoms with Crippen LogP contribution in [0.5, 0.6) is 0 Å². The van der Waals surface area contributed by atoms with Gasteiger partial charge in [-0.2, -0.15) is 0 Å². The lowest BCUT2D eigenvalue weighted by atomic mass is 10.0. The number of aryl methyl sites for hydroxylation is 1. The Balaban J connectivity index is 1.81. The zero-order valence-electron chi connectivity index (χ0n) is 13.2. The molecule has 1 aliphatic rings. The standard InChI is InChI=1S/C19H14N2OS3/c20-16-15-14(12-6-2-8-23-12)10-4-1-5-11(10)21-19(15)25-18(16)17(22)13-7-3-9-24-13/h2-3,6-9H,1,4-5,20H2. The highest BCUT2D eigenvalue weighted by Crippen LogP contribution is 2.45. The summed E-state index contributed by atoms with van der Waals surface area (Å²) in [6.45, 7) is 0. The number of rotatable bonds is 3. The molecule has 0 amide bonds. The molecule has 0 saturated carbocycles. The van der Waals surface area contributed by atoms with Crippen LogP contribution in [0.4, 0.5) is 5.69 Å². The quantitative estimate of drug-likeness (QED) is 0.483. The lowest BCUT2D eigenvalue weighted by Gasteiger charge is -2.09. The fraction of sp³-hybridized carbons (Fsp3) is 0.158. The lowest BCUT2D eigenvalue weighted by molar-refractivity contribution is 0.104. The minimum atomic E-state index is 0.00721. The fourth-order valence-electron chi connectivity index (χ4n) is 3.53. The summed E-state index contributed by atoms with van der Waals surface area (Å²) in [4.78, 5) is 21.2. The smallest absolute Gasteiger partial charge is 0.215 e.